The fourth-order valence-corrected chi connectivity index (χ4v) is 3.66. The first-order valence-corrected chi connectivity index (χ1v) is 7.90. The predicted molar refractivity (Wildman–Crippen MR) is 84.8 cm³/mol. The molecule has 106 valence electrons. The van der Waals surface area contributed by atoms with Crippen LogP contribution in [0.2, 0.25) is 0 Å². The lowest BCUT2D eigenvalue weighted by molar-refractivity contribution is -0.140. The molecule has 0 aromatic rings. The Hall–Kier alpha value is -1.25. The molecule has 0 atom stereocenters. The monoisotopic (exact) mass is 328 g/mol. The summed E-state index contributed by atoms with van der Waals surface area (Å²) in [4.78, 5) is 26.3. The summed E-state index contributed by atoms with van der Waals surface area (Å²) in [6.45, 7) is 2.50. The molecule has 0 radical (unpaired) electrons. The Morgan fingerprint density at radius 2 is 2.25 bits per heavy atom. The highest BCUT2D eigenvalue weighted by Crippen LogP contribution is 2.33. The molecule has 1 saturated heterocycles. The van der Waals surface area contributed by atoms with Gasteiger partial charge in [-0.05, 0) is 24.5 Å². The number of thioether (sulfide) groups is 2. The van der Waals surface area contributed by atoms with Crippen LogP contribution in [0.4, 0.5) is 0 Å². The summed E-state index contributed by atoms with van der Waals surface area (Å²) in [7, 11) is 0. The van der Waals surface area contributed by atoms with Gasteiger partial charge < -0.3 is 10.0 Å². The van der Waals surface area contributed by atoms with E-state index < -0.39 is 12.5 Å². The molecule has 0 unspecified atom stereocenters. The smallest absolute Gasteiger partial charge is 0.323 e. The molecule has 2 aliphatic rings. The van der Waals surface area contributed by atoms with Gasteiger partial charge in [-0.3, -0.25) is 14.5 Å². The van der Waals surface area contributed by atoms with Crippen LogP contribution in [0.25, 0.3) is 0 Å². The van der Waals surface area contributed by atoms with Gasteiger partial charge in [-0.15, -0.1) is 0 Å². The van der Waals surface area contributed by atoms with Crippen molar-refractivity contribution in [1.82, 2.24) is 9.80 Å². The quantitative estimate of drug-likeness (QED) is 0.627. The molecule has 1 N–H and O–H groups in total. The van der Waals surface area contributed by atoms with Crippen LogP contribution in [0.15, 0.2) is 33.7 Å². The van der Waals surface area contributed by atoms with Crippen molar-refractivity contribution >= 4 is 51.9 Å². The number of aliphatic carboxylic acids is 1. The van der Waals surface area contributed by atoms with Gasteiger partial charge in [-0.2, -0.15) is 0 Å². The first-order chi connectivity index (χ1) is 9.52. The SMILES string of the molecule is CCN1C=CSC1=CC=C1SC(=S)N(CC(=O)O)C1=O. The minimum atomic E-state index is -1.08. The standard InChI is InChI=1S/C12H12N2O3S3/c1-2-13-5-6-19-9(13)4-3-8-11(17)14(7-10(15)16)12(18)20-8/h3-6H,2,7H2,1H3,(H,15,16). The summed E-state index contributed by atoms with van der Waals surface area (Å²) in [5.74, 6) is -1.42. The molecule has 8 heteroatoms. The molecule has 0 spiro atoms. The lowest BCUT2D eigenvalue weighted by Crippen LogP contribution is -2.33. The fourth-order valence-electron chi connectivity index (χ4n) is 1.64. The number of allylic oxidation sites excluding steroid dienone is 2. The molecule has 20 heavy (non-hydrogen) atoms. The normalized spacial score (nSPS) is 22.6. The maximum Gasteiger partial charge on any atom is 0.323 e. The zero-order valence-electron chi connectivity index (χ0n) is 10.6. The molecular formula is C12H12N2O3S3. The summed E-state index contributed by atoms with van der Waals surface area (Å²) in [5.41, 5.74) is 0. The van der Waals surface area contributed by atoms with Gasteiger partial charge >= 0.3 is 5.97 Å². The van der Waals surface area contributed by atoms with Gasteiger partial charge in [0.15, 0.2) is 0 Å². The van der Waals surface area contributed by atoms with E-state index in [1.807, 2.05) is 24.6 Å². The van der Waals surface area contributed by atoms with Crippen LogP contribution in [0.3, 0.4) is 0 Å². The number of rotatable bonds is 4. The van der Waals surface area contributed by atoms with Gasteiger partial charge in [0.25, 0.3) is 5.91 Å². The van der Waals surface area contributed by atoms with Gasteiger partial charge in [0.05, 0.1) is 9.93 Å². The van der Waals surface area contributed by atoms with E-state index >= 15 is 0 Å². The van der Waals surface area contributed by atoms with Gasteiger partial charge in [-0.1, -0.05) is 35.7 Å². The van der Waals surface area contributed by atoms with Crippen molar-refractivity contribution in [2.75, 3.05) is 13.1 Å². The third-order valence-electron chi connectivity index (χ3n) is 2.60. The maximum absolute atomic E-state index is 12.0. The molecule has 1 fully saturated rings. The Bertz CT molecular complexity index is 554. The highest BCUT2D eigenvalue weighted by molar-refractivity contribution is 8.26. The molecule has 1 amide bonds. The number of hydrogen-bond acceptors (Lipinski definition) is 6. The number of carboxylic acids is 1. The highest BCUT2D eigenvalue weighted by Gasteiger charge is 2.33. The molecular weight excluding hydrogens is 316 g/mol. The molecule has 0 aliphatic carbocycles. The van der Waals surface area contributed by atoms with Crippen LogP contribution in [-0.2, 0) is 9.59 Å². The van der Waals surface area contributed by atoms with Crippen molar-refractivity contribution in [2.24, 2.45) is 0 Å². The molecule has 0 aromatic heterocycles. The van der Waals surface area contributed by atoms with E-state index in [1.54, 1.807) is 17.8 Å². The second kappa shape index (κ2) is 6.47. The number of carbonyl (C=O) groups is 2. The van der Waals surface area contributed by atoms with E-state index in [4.69, 9.17) is 17.3 Å². The van der Waals surface area contributed by atoms with Crippen molar-refractivity contribution in [2.45, 2.75) is 6.92 Å². The fraction of sp³-hybridized carbons (Fsp3) is 0.250. The molecule has 0 saturated carbocycles. The molecule has 2 aliphatic heterocycles. The molecule has 0 aromatic carbocycles. The third kappa shape index (κ3) is 3.25. The van der Waals surface area contributed by atoms with Crippen molar-refractivity contribution in [1.29, 1.82) is 0 Å². The van der Waals surface area contributed by atoms with Crippen LogP contribution in [-0.4, -0.2) is 44.2 Å². The average molecular weight is 328 g/mol. The summed E-state index contributed by atoms with van der Waals surface area (Å²) < 4.78 is 0.284. The van der Waals surface area contributed by atoms with Crippen LogP contribution >= 0.6 is 35.7 Å². The van der Waals surface area contributed by atoms with Crippen molar-refractivity contribution in [3.63, 3.8) is 0 Å². The minimum Gasteiger partial charge on any atom is -0.480 e. The Morgan fingerprint density at radius 3 is 2.90 bits per heavy atom. The second-order valence-corrected chi connectivity index (χ2v) is 6.48. The van der Waals surface area contributed by atoms with Gasteiger partial charge in [0.2, 0.25) is 0 Å². The number of hydrogen-bond donors (Lipinski definition) is 1. The summed E-state index contributed by atoms with van der Waals surface area (Å²) >= 11 is 7.72. The van der Waals surface area contributed by atoms with Crippen LogP contribution in [0.5, 0.6) is 0 Å². The number of carbonyl (C=O) groups excluding carboxylic acids is 1. The first-order valence-electron chi connectivity index (χ1n) is 5.80. The Kier molecular flexibility index (Phi) is 4.90. The molecule has 2 heterocycles. The van der Waals surface area contributed by atoms with Gasteiger partial charge in [0.1, 0.15) is 10.9 Å². The van der Waals surface area contributed by atoms with E-state index in [-0.39, 0.29) is 10.2 Å². The summed E-state index contributed by atoms with van der Waals surface area (Å²) in [6.07, 6.45) is 5.51. The van der Waals surface area contributed by atoms with E-state index in [0.717, 1.165) is 28.2 Å². The highest BCUT2D eigenvalue weighted by atomic mass is 32.2. The predicted octanol–water partition coefficient (Wildman–Crippen LogP) is 2.20. The summed E-state index contributed by atoms with van der Waals surface area (Å²) in [6, 6.07) is 0. The van der Waals surface area contributed by atoms with E-state index in [0.29, 0.717) is 4.91 Å². The van der Waals surface area contributed by atoms with Crippen molar-refractivity contribution in [3.8, 4) is 0 Å². The van der Waals surface area contributed by atoms with E-state index in [9.17, 15) is 9.59 Å². The maximum atomic E-state index is 12.0. The number of thiocarbonyl (C=S) groups is 1. The summed E-state index contributed by atoms with van der Waals surface area (Å²) in [5, 5.41) is 11.7. The van der Waals surface area contributed by atoms with E-state index in [1.165, 1.54) is 0 Å². The second-order valence-electron chi connectivity index (χ2n) is 3.88. The Balaban J connectivity index is 2.12. The molecule has 2 rings (SSSR count). The van der Waals surface area contributed by atoms with Gasteiger partial charge in [0, 0.05) is 12.7 Å². The van der Waals surface area contributed by atoms with E-state index in [2.05, 4.69) is 4.90 Å². The van der Waals surface area contributed by atoms with Crippen LogP contribution < -0.4 is 0 Å². The zero-order valence-corrected chi connectivity index (χ0v) is 13.1. The number of carboxylic acid groups (broad SMARTS) is 1. The van der Waals surface area contributed by atoms with Crippen molar-refractivity contribution < 1.29 is 14.7 Å². The number of amides is 1. The largest absolute Gasteiger partial charge is 0.480 e. The topological polar surface area (TPSA) is 60.9 Å². The number of nitrogens with zero attached hydrogens (tertiary/aromatic N) is 2. The third-order valence-corrected chi connectivity index (χ3v) is 4.86. The Labute approximate surface area is 130 Å². The molecule has 0 bridgehead atoms. The molecule has 5 nitrogen and oxygen atoms in total. The zero-order chi connectivity index (χ0) is 14.7. The minimum absolute atomic E-state index is 0.284. The Morgan fingerprint density at radius 1 is 1.50 bits per heavy atom. The van der Waals surface area contributed by atoms with Crippen LogP contribution in [0, 0.1) is 0 Å². The van der Waals surface area contributed by atoms with Crippen LogP contribution in [0.1, 0.15) is 6.92 Å². The lowest BCUT2D eigenvalue weighted by atomic mass is 10.4. The van der Waals surface area contributed by atoms with Gasteiger partial charge in [-0.25, -0.2) is 0 Å². The van der Waals surface area contributed by atoms with Crippen molar-refractivity contribution in [3.05, 3.63) is 33.7 Å². The average Bonchev–Trinajstić information content (AvgIpc) is 2.95. The lowest BCUT2D eigenvalue weighted by Gasteiger charge is -2.13. The first kappa shape index (κ1) is 15.1.